The van der Waals surface area contributed by atoms with Crippen molar-refractivity contribution >= 4 is 33.6 Å². The van der Waals surface area contributed by atoms with Gasteiger partial charge in [0.25, 0.3) is 0 Å². The molecule has 2 heterocycles. The molecule has 0 spiro atoms. The van der Waals surface area contributed by atoms with Crippen LogP contribution in [0.3, 0.4) is 0 Å². The third-order valence-electron chi connectivity index (χ3n) is 6.07. The first-order valence-electron chi connectivity index (χ1n) is 11.9. The normalized spacial score (nSPS) is 15.8. The van der Waals surface area contributed by atoms with Crippen LogP contribution in [0.25, 0.3) is 0 Å². The molecule has 1 saturated heterocycles. The Balaban J connectivity index is 1.53. The molecule has 1 unspecified atom stereocenters. The number of anilines is 1. The SMILES string of the molecule is COC(=O)c1ccc(NC(=O)N2CCN(S(=O)(=O)c3ccc(F)cc3)C(C(=O)NCc3ccccn3)C2)cc1. The van der Waals surface area contributed by atoms with Gasteiger partial charge in [-0.2, -0.15) is 4.31 Å². The Hall–Kier alpha value is -4.36. The van der Waals surface area contributed by atoms with E-state index < -0.39 is 39.8 Å². The topological polar surface area (TPSA) is 138 Å². The monoisotopic (exact) mass is 555 g/mol. The van der Waals surface area contributed by atoms with Crippen molar-refractivity contribution in [2.45, 2.75) is 17.5 Å². The van der Waals surface area contributed by atoms with Gasteiger partial charge in [0.05, 0.1) is 29.8 Å². The van der Waals surface area contributed by atoms with Crippen molar-refractivity contribution in [2.75, 3.05) is 32.1 Å². The molecular weight excluding hydrogens is 529 g/mol. The van der Waals surface area contributed by atoms with E-state index in [2.05, 4.69) is 20.4 Å². The largest absolute Gasteiger partial charge is 0.465 e. The summed E-state index contributed by atoms with van der Waals surface area (Å²) in [4.78, 5) is 43.2. The molecule has 0 saturated carbocycles. The molecule has 0 bridgehead atoms. The lowest BCUT2D eigenvalue weighted by atomic mass is 10.2. The maximum atomic E-state index is 13.4. The van der Waals surface area contributed by atoms with Crippen LogP contribution in [0.4, 0.5) is 14.9 Å². The van der Waals surface area contributed by atoms with E-state index in [-0.39, 0.29) is 31.1 Å². The van der Waals surface area contributed by atoms with E-state index in [1.165, 1.54) is 36.3 Å². The highest BCUT2D eigenvalue weighted by atomic mass is 32.2. The first-order chi connectivity index (χ1) is 18.7. The van der Waals surface area contributed by atoms with Crippen molar-refractivity contribution in [3.63, 3.8) is 0 Å². The summed E-state index contributed by atoms with van der Waals surface area (Å²) in [6.07, 6.45) is 1.57. The number of halogens is 1. The zero-order valence-corrected chi connectivity index (χ0v) is 21.7. The Morgan fingerprint density at radius 1 is 1.03 bits per heavy atom. The first-order valence-corrected chi connectivity index (χ1v) is 13.3. The van der Waals surface area contributed by atoms with Crippen LogP contribution >= 0.6 is 0 Å². The molecule has 3 aromatic rings. The summed E-state index contributed by atoms with van der Waals surface area (Å²) in [5.74, 6) is -1.74. The Morgan fingerprint density at radius 3 is 2.38 bits per heavy atom. The highest BCUT2D eigenvalue weighted by Crippen LogP contribution is 2.23. The van der Waals surface area contributed by atoms with Gasteiger partial charge in [-0.3, -0.25) is 9.78 Å². The van der Waals surface area contributed by atoms with Gasteiger partial charge < -0.3 is 20.3 Å². The van der Waals surface area contributed by atoms with Crippen molar-refractivity contribution in [3.05, 3.63) is 90.0 Å². The van der Waals surface area contributed by atoms with Crippen LogP contribution in [0.5, 0.6) is 0 Å². The first kappa shape index (κ1) is 27.7. The number of pyridine rings is 1. The Bertz CT molecular complexity index is 1440. The molecule has 1 aliphatic heterocycles. The van der Waals surface area contributed by atoms with E-state index in [4.69, 9.17) is 0 Å². The lowest BCUT2D eigenvalue weighted by Crippen LogP contribution is -2.61. The minimum Gasteiger partial charge on any atom is -0.465 e. The van der Waals surface area contributed by atoms with Gasteiger partial charge in [-0.05, 0) is 60.7 Å². The predicted molar refractivity (Wildman–Crippen MR) is 139 cm³/mol. The summed E-state index contributed by atoms with van der Waals surface area (Å²) in [5.41, 5.74) is 1.27. The van der Waals surface area contributed by atoms with Crippen molar-refractivity contribution in [3.8, 4) is 0 Å². The van der Waals surface area contributed by atoms with Gasteiger partial charge in [-0.25, -0.2) is 22.4 Å². The van der Waals surface area contributed by atoms with Crippen LogP contribution in [0, 0.1) is 5.82 Å². The van der Waals surface area contributed by atoms with Gasteiger partial charge in [0.2, 0.25) is 15.9 Å². The second-order valence-corrected chi connectivity index (χ2v) is 10.5. The fourth-order valence-electron chi connectivity index (χ4n) is 4.00. The van der Waals surface area contributed by atoms with Gasteiger partial charge in [0.1, 0.15) is 11.9 Å². The van der Waals surface area contributed by atoms with Gasteiger partial charge in [-0.15, -0.1) is 0 Å². The lowest BCUT2D eigenvalue weighted by molar-refractivity contribution is -0.126. The van der Waals surface area contributed by atoms with Crippen molar-refractivity contribution in [2.24, 2.45) is 0 Å². The minimum atomic E-state index is -4.19. The van der Waals surface area contributed by atoms with Crippen LogP contribution in [0.15, 0.2) is 77.8 Å². The fraction of sp³-hybridized carbons (Fsp3) is 0.231. The molecule has 1 atom stereocenters. The van der Waals surface area contributed by atoms with E-state index in [0.29, 0.717) is 16.9 Å². The van der Waals surface area contributed by atoms with Crippen molar-refractivity contribution in [1.29, 1.82) is 0 Å². The van der Waals surface area contributed by atoms with Crippen LogP contribution in [0.2, 0.25) is 0 Å². The number of carbonyl (C=O) groups excluding carboxylic acids is 3. The zero-order valence-electron chi connectivity index (χ0n) is 20.9. The molecule has 4 rings (SSSR count). The molecule has 3 amide bonds. The summed E-state index contributed by atoms with van der Waals surface area (Å²) >= 11 is 0. The predicted octanol–water partition coefficient (Wildman–Crippen LogP) is 2.23. The quantitative estimate of drug-likeness (QED) is 0.427. The second kappa shape index (κ2) is 12.0. The number of piperazine rings is 1. The van der Waals surface area contributed by atoms with E-state index in [9.17, 15) is 27.2 Å². The number of hydrogen-bond donors (Lipinski definition) is 2. The van der Waals surface area contributed by atoms with Crippen LogP contribution < -0.4 is 10.6 Å². The second-order valence-electron chi connectivity index (χ2n) is 8.57. The highest BCUT2D eigenvalue weighted by molar-refractivity contribution is 7.89. The number of urea groups is 1. The third-order valence-corrected chi connectivity index (χ3v) is 7.99. The number of carbonyl (C=O) groups is 3. The summed E-state index contributed by atoms with van der Waals surface area (Å²) in [6.45, 7) is -0.355. The molecule has 204 valence electrons. The smallest absolute Gasteiger partial charge is 0.337 e. The molecule has 2 aromatic carbocycles. The van der Waals surface area contributed by atoms with Gasteiger partial charge >= 0.3 is 12.0 Å². The van der Waals surface area contributed by atoms with E-state index >= 15 is 0 Å². The standard InChI is InChI=1S/C26H26FN5O6S/c1-38-25(34)18-5-9-20(10-6-18)30-26(35)31-14-15-32(39(36,37)22-11-7-19(27)8-12-22)23(17-31)24(33)29-16-21-4-2-3-13-28-21/h2-13,23H,14-17H2,1H3,(H,29,33)(H,30,35). The molecule has 13 heteroatoms. The average molecular weight is 556 g/mol. The van der Waals surface area contributed by atoms with Crippen LogP contribution in [-0.2, 0) is 26.1 Å². The number of benzene rings is 2. The maximum absolute atomic E-state index is 13.4. The number of rotatable bonds is 7. The molecule has 39 heavy (non-hydrogen) atoms. The number of esters is 1. The van der Waals surface area contributed by atoms with E-state index in [1.54, 1.807) is 24.4 Å². The maximum Gasteiger partial charge on any atom is 0.337 e. The summed E-state index contributed by atoms with van der Waals surface area (Å²) in [5, 5.41) is 5.38. The number of nitrogens with one attached hydrogen (secondary N) is 2. The number of amides is 3. The molecule has 2 N–H and O–H groups in total. The van der Waals surface area contributed by atoms with Crippen molar-refractivity contribution in [1.82, 2.24) is 19.5 Å². The molecule has 11 nitrogen and oxygen atoms in total. The van der Waals surface area contributed by atoms with Gasteiger partial charge in [-0.1, -0.05) is 6.07 Å². The minimum absolute atomic E-state index is 0.00345. The number of hydrogen-bond acceptors (Lipinski definition) is 7. The highest BCUT2D eigenvalue weighted by Gasteiger charge is 2.41. The third kappa shape index (κ3) is 6.56. The number of sulfonamides is 1. The van der Waals surface area contributed by atoms with Crippen LogP contribution in [-0.4, -0.2) is 73.3 Å². The van der Waals surface area contributed by atoms with E-state index in [0.717, 1.165) is 28.6 Å². The van der Waals surface area contributed by atoms with Gasteiger partial charge in [0, 0.05) is 31.5 Å². The van der Waals surface area contributed by atoms with Crippen LogP contribution in [0.1, 0.15) is 16.1 Å². The average Bonchev–Trinajstić information content (AvgIpc) is 2.96. The van der Waals surface area contributed by atoms with E-state index in [1.807, 2.05) is 0 Å². The summed E-state index contributed by atoms with van der Waals surface area (Å²) < 4.78 is 46.0. The zero-order chi connectivity index (χ0) is 28.0. The molecular formula is C26H26FN5O6S. The Labute approximate surface area is 224 Å². The van der Waals surface area contributed by atoms with Crippen molar-refractivity contribution < 1.29 is 31.9 Å². The number of methoxy groups -OCH3 is 1. The summed E-state index contributed by atoms with van der Waals surface area (Å²) in [6, 6.07) is 13.7. The number of nitrogens with zero attached hydrogens (tertiary/aromatic N) is 3. The Morgan fingerprint density at radius 2 is 1.74 bits per heavy atom. The van der Waals surface area contributed by atoms with Gasteiger partial charge in [0.15, 0.2) is 0 Å². The number of aromatic nitrogens is 1. The molecule has 0 radical (unpaired) electrons. The molecule has 0 aliphatic carbocycles. The molecule has 1 aromatic heterocycles. The lowest BCUT2D eigenvalue weighted by Gasteiger charge is -2.39. The molecule has 1 fully saturated rings. The molecule has 1 aliphatic rings. The number of ether oxygens (including phenoxy) is 1. The fourth-order valence-corrected chi connectivity index (χ4v) is 5.57. The Kier molecular flexibility index (Phi) is 8.52. The summed E-state index contributed by atoms with van der Waals surface area (Å²) in [7, 11) is -2.93.